The number of allylic oxidation sites excluding steroid dienone is 4. The smallest absolute Gasteiger partial charge is 0.109 e. The molecule has 0 saturated heterocycles. The van der Waals surface area contributed by atoms with Gasteiger partial charge in [0, 0.05) is 0 Å². The normalized spacial score (nSPS) is 12.7. The summed E-state index contributed by atoms with van der Waals surface area (Å²) in [7, 11) is 0. The van der Waals surface area contributed by atoms with Crippen molar-refractivity contribution in [2.24, 2.45) is 0 Å². The zero-order valence-corrected chi connectivity index (χ0v) is 29.0. The Morgan fingerprint density at radius 2 is 1.45 bits per heavy atom. The van der Waals surface area contributed by atoms with E-state index in [2.05, 4.69) is 104 Å². The van der Waals surface area contributed by atoms with Crippen LogP contribution in [0.2, 0.25) is 0 Å². The van der Waals surface area contributed by atoms with Crippen molar-refractivity contribution in [2.45, 2.75) is 118 Å². The molecule has 4 rings (SSSR count). The minimum Gasteiger partial charge on any atom is -1.00 e. The van der Waals surface area contributed by atoms with Gasteiger partial charge in [-0.25, -0.2) is 12.2 Å². The molecule has 3 heteroatoms. The van der Waals surface area contributed by atoms with E-state index >= 15 is 0 Å². The van der Waals surface area contributed by atoms with Crippen molar-refractivity contribution >= 4 is 3.21 Å². The van der Waals surface area contributed by atoms with Gasteiger partial charge in [-0.1, -0.05) is 65.3 Å². The molecular formula is C35H48Cl2Zr-2. The first-order valence-corrected chi connectivity index (χ1v) is 15.2. The molecule has 2 aromatic rings. The van der Waals surface area contributed by atoms with Gasteiger partial charge in [-0.3, -0.25) is 6.08 Å². The Balaban J connectivity index is 0.000000676. The van der Waals surface area contributed by atoms with E-state index in [-0.39, 0.29) is 35.6 Å². The van der Waals surface area contributed by atoms with Crippen molar-refractivity contribution in [2.75, 3.05) is 0 Å². The number of rotatable bonds is 6. The van der Waals surface area contributed by atoms with Crippen LogP contribution in [0.3, 0.4) is 0 Å². The minimum absolute atomic E-state index is 0. The maximum absolute atomic E-state index is 3.67. The first-order chi connectivity index (χ1) is 17.0. The molecule has 0 aliphatic heterocycles. The van der Waals surface area contributed by atoms with Crippen molar-refractivity contribution in [3.8, 4) is 11.1 Å². The monoisotopic (exact) mass is 628 g/mol. The Morgan fingerprint density at radius 3 is 1.89 bits per heavy atom. The molecule has 208 valence electrons. The van der Waals surface area contributed by atoms with Crippen LogP contribution in [0.5, 0.6) is 0 Å². The van der Waals surface area contributed by atoms with E-state index in [0.29, 0.717) is 0 Å². The molecule has 0 heterocycles. The molecule has 0 amide bonds. The topological polar surface area (TPSA) is 0 Å². The van der Waals surface area contributed by atoms with Gasteiger partial charge in [0.2, 0.25) is 0 Å². The SMILES string of the molecule is CC(C)(C)c1[c-]c2c(cc1)-c1ccc(C(C)(C)C)cc1C2.CCCC[C](=[Zr+2])CCCC.[C-]1=CC=CC1.[Cl-].[Cl-]. The summed E-state index contributed by atoms with van der Waals surface area (Å²) in [6.07, 6.45) is 19.3. The van der Waals surface area contributed by atoms with Crippen LogP contribution in [-0.4, -0.2) is 3.21 Å². The predicted molar refractivity (Wildman–Crippen MR) is 157 cm³/mol. The summed E-state index contributed by atoms with van der Waals surface area (Å²) >= 11 is 1.67. The predicted octanol–water partition coefficient (Wildman–Crippen LogP) is 4.05. The van der Waals surface area contributed by atoms with Crippen LogP contribution >= 0.6 is 0 Å². The first-order valence-electron chi connectivity index (χ1n) is 13.9. The largest absolute Gasteiger partial charge is 1.00 e. The van der Waals surface area contributed by atoms with Gasteiger partial charge in [0.25, 0.3) is 0 Å². The minimum atomic E-state index is 0. The number of halogens is 2. The summed E-state index contributed by atoms with van der Waals surface area (Å²) in [5.41, 5.74) is 8.70. The van der Waals surface area contributed by atoms with E-state index in [0.717, 1.165) is 12.8 Å². The number of unbranched alkanes of at least 4 members (excludes halogenated alkanes) is 2. The fourth-order valence-corrected chi connectivity index (χ4v) is 5.14. The maximum atomic E-state index is 3.67. The molecule has 2 aliphatic carbocycles. The third kappa shape index (κ3) is 12.2. The van der Waals surface area contributed by atoms with Crippen molar-refractivity contribution in [3.63, 3.8) is 0 Å². The van der Waals surface area contributed by atoms with Crippen molar-refractivity contribution < 1.29 is 49.0 Å². The van der Waals surface area contributed by atoms with Gasteiger partial charge < -0.3 is 24.8 Å². The zero-order chi connectivity index (χ0) is 26.8. The standard InChI is InChI=1S/C21H25.C9H18.C5H5.2ClH.Zr/c1-20(2,3)16-7-9-18-14(12-16)11-15-13-17(21(4,5)6)8-10-19(15)18;1-3-5-7-9-8-6-4-2;1-2-4-5-3-1;;;/h7-10,12H,11H2,1-6H3;3-8H2,1-2H3;1-3H,4H2;2*1H;/q-1;;-1;;;+2/p-2. The van der Waals surface area contributed by atoms with E-state index in [1.54, 1.807) is 27.4 Å². The maximum Gasteiger partial charge on any atom is -0.109 e. The average Bonchev–Trinajstić information content (AvgIpc) is 3.51. The van der Waals surface area contributed by atoms with E-state index < -0.39 is 0 Å². The molecule has 2 aliphatic rings. The van der Waals surface area contributed by atoms with Crippen LogP contribution < -0.4 is 24.8 Å². The zero-order valence-electron chi connectivity index (χ0n) is 25.0. The second-order valence-electron chi connectivity index (χ2n) is 12.1. The molecule has 2 aromatic carbocycles. The van der Waals surface area contributed by atoms with Crippen LogP contribution in [0.4, 0.5) is 0 Å². The fraction of sp³-hybridized carbons (Fsp3) is 0.514. The van der Waals surface area contributed by atoms with Gasteiger partial charge in [0.05, 0.1) is 0 Å². The summed E-state index contributed by atoms with van der Waals surface area (Å²) in [4.78, 5) is 0. The summed E-state index contributed by atoms with van der Waals surface area (Å²) in [5.74, 6) is 0. The van der Waals surface area contributed by atoms with Gasteiger partial charge >= 0.3 is 79.8 Å². The Kier molecular flexibility index (Phi) is 17.5. The summed E-state index contributed by atoms with van der Waals surface area (Å²) < 4.78 is 1.79. The van der Waals surface area contributed by atoms with E-state index in [9.17, 15) is 0 Å². The Labute approximate surface area is 262 Å². The van der Waals surface area contributed by atoms with Gasteiger partial charge in [-0.05, 0) is 28.4 Å². The van der Waals surface area contributed by atoms with Crippen molar-refractivity contribution in [3.05, 3.63) is 83.0 Å². The Hall–Kier alpha value is -0.747. The van der Waals surface area contributed by atoms with Crippen LogP contribution in [0, 0.1) is 12.1 Å². The quantitative estimate of drug-likeness (QED) is 0.361. The van der Waals surface area contributed by atoms with Gasteiger partial charge in [0.15, 0.2) is 0 Å². The second kappa shape index (κ2) is 17.8. The third-order valence-electron chi connectivity index (χ3n) is 6.71. The molecular weight excluding hydrogens is 583 g/mol. The van der Waals surface area contributed by atoms with E-state index in [4.69, 9.17) is 0 Å². The van der Waals surface area contributed by atoms with Gasteiger partial charge in [0.1, 0.15) is 0 Å². The Bertz CT molecular complexity index is 967. The molecule has 0 atom stereocenters. The molecule has 0 nitrogen and oxygen atoms in total. The van der Waals surface area contributed by atoms with Crippen LogP contribution in [0.15, 0.2) is 48.6 Å². The summed E-state index contributed by atoms with van der Waals surface area (Å²) in [6.45, 7) is 18.1. The van der Waals surface area contributed by atoms with Crippen LogP contribution in [-0.2, 0) is 41.5 Å². The molecule has 0 radical (unpaired) electrons. The van der Waals surface area contributed by atoms with E-state index in [1.165, 1.54) is 71.9 Å². The second-order valence-corrected chi connectivity index (χ2v) is 13.9. The molecule has 38 heavy (non-hydrogen) atoms. The molecule has 0 bridgehead atoms. The van der Waals surface area contributed by atoms with Gasteiger partial charge in [-0.15, -0.1) is 17.5 Å². The number of fused-ring (bicyclic) bond motifs is 3. The summed E-state index contributed by atoms with van der Waals surface area (Å²) in [6, 6.07) is 15.2. The fourth-order valence-electron chi connectivity index (χ4n) is 4.27. The van der Waals surface area contributed by atoms with Crippen LogP contribution in [0.1, 0.15) is 123 Å². The molecule has 0 spiro atoms. The first kappa shape index (κ1) is 37.3. The van der Waals surface area contributed by atoms with Crippen LogP contribution in [0.25, 0.3) is 11.1 Å². The molecule has 0 N–H and O–H groups in total. The van der Waals surface area contributed by atoms with E-state index in [1.807, 2.05) is 12.2 Å². The number of hydrogen-bond acceptors (Lipinski definition) is 0. The number of benzene rings is 2. The Morgan fingerprint density at radius 1 is 0.842 bits per heavy atom. The van der Waals surface area contributed by atoms with Crippen molar-refractivity contribution in [1.29, 1.82) is 0 Å². The third-order valence-corrected chi connectivity index (χ3v) is 7.94. The number of hydrogen-bond donors (Lipinski definition) is 0. The summed E-state index contributed by atoms with van der Waals surface area (Å²) in [5, 5.41) is 0. The molecule has 0 fully saturated rings. The molecule has 0 unspecified atom stereocenters. The molecule has 0 saturated carbocycles. The molecule has 0 aromatic heterocycles. The van der Waals surface area contributed by atoms with Gasteiger partial charge in [-0.2, -0.15) is 29.8 Å². The van der Waals surface area contributed by atoms with Crippen molar-refractivity contribution in [1.82, 2.24) is 0 Å². The average molecular weight is 631 g/mol.